The van der Waals surface area contributed by atoms with E-state index in [1.165, 1.54) is 0 Å². The zero-order valence-electron chi connectivity index (χ0n) is 12.8. The van der Waals surface area contributed by atoms with Crippen LogP contribution in [-0.4, -0.2) is 20.0 Å². The predicted molar refractivity (Wildman–Crippen MR) is 83.3 cm³/mol. The molecule has 2 aromatic rings. The number of sulfonamides is 1. The normalized spacial score (nSPS) is 12.4. The Bertz CT molecular complexity index is 1000. The minimum Gasteiger partial charge on any atom is -0.307 e. The summed E-state index contributed by atoms with van der Waals surface area (Å²) in [7, 11) is -2.08. The Hall–Kier alpha value is -1.91. The molecular weight excluding hydrogens is 388 g/mol. The number of benzene rings is 1. The van der Waals surface area contributed by atoms with Gasteiger partial charge in [-0.2, -0.15) is 13.2 Å². The van der Waals surface area contributed by atoms with Crippen molar-refractivity contribution in [3.05, 3.63) is 51.2 Å². The van der Waals surface area contributed by atoms with E-state index in [0.29, 0.717) is 16.7 Å². The number of nitrogens with zero attached hydrogens (tertiary/aromatic N) is 1. The first-order valence-electron chi connectivity index (χ1n) is 6.60. The van der Waals surface area contributed by atoms with E-state index >= 15 is 0 Å². The second-order valence-electron chi connectivity index (χ2n) is 4.96. The van der Waals surface area contributed by atoms with Crippen molar-refractivity contribution in [2.24, 2.45) is 7.05 Å². The van der Waals surface area contributed by atoms with Gasteiger partial charge in [-0.15, -0.1) is 0 Å². The highest BCUT2D eigenvalue weighted by molar-refractivity contribution is 7.89. The van der Waals surface area contributed by atoms with Gasteiger partial charge in [-0.1, -0.05) is 11.6 Å². The van der Waals surface area contributed by atoms with E-state index in [9.17, 15) is 30.8 Å². The standard InChI is InChI=1S/C14H11ClF4N2O3S/c1-20-25(23,24)11-5-8(10(16)6-9(11)15)7-3-4-12(14(17,18)19)21(2)13(7)22/h3-6,20H,1-2H3. The van der Waals surface area contributed by atoms with Gasteiger partial charge in [0.2, 0.25) is 10.0 Å². The lowest BCUT2D eigenvalue weighted by atomic mass is 10.1. The van der Waals surface area contributed by atoms with E-state index in [1.54, 1.807) is 0 Å². The van der Waals surface area contributed by atoms with Crippen molar-refractivity contribution in [2.75, 3.05) is 7.05 Å². The Balaban J connectivity index is 2.78. The number of halogens is 5. The molecule has 5 nitrogen and oxygen atoms in total. The van der Waals surface area contributed by atoms with Crippen molar-refractivity contribution in [1.82, 2.24) is 9.29 Å². The van der Waals surface area contributed by atoms with E-state index in [2.05, 4.69) is 0 Å². The molecule has 0 bridgehead atoms. The van der Waals surface area contributed by atoms with Gasteiger partial charge >= 0.3 is 6.18 Å². The van der Waals surface area contributed by atoms with E-state index in [1.807, 2.05) is 4.72 Å². The number of nitrogens with one attached hydrogen (secondary N) is 1. The molecule has 0 atom stereocenters. The quantitative estimate of drug-likeness (QED) is 0.808. The molecule has 1 heterocycles. The zero-order chi connectivity index (χ0) is 19.2. The van der Waals surface area contributed by atoms with Gasteiger partial charge in [0, 0.05) is 12.6 Å². The lowest BCUT2D eigenvalue weighted by molar-refractivity contribution is -0.143. The van der Waals surface area contributed by atoms with Crippen LogP contribution >= 0.6 is 11.6 Å². The maximum atomic E-state index is 14.2. The van der Waals surface area contributed by atoms with E-state index in [0.717, 1.165) is 26.2 Å². The molecule has 0 aliphatic heterocycles. The summed E-state index contributed by atoms with van der Waals surface area (Å²) in [5.41, 5.74) is -3.27. The number of aromatic nitrogens is 1. The number of alkyl halides is 3. The molecule has 0 saturated carbocycles. The molecular formula is C14H11ClF4N2O3S. The molecule has 0 unspecified atom stereocenters. The zero-order valence-corrected chi connectivity index (χ0v) is 14.4. The van der Waals surface area contributed by atoms with Crippen molar-refractivity contribution in [3.8, 4) is 11.1 Å². The summed E-state index contributed by atoms with van der Waals surface area (Å²) in [4.78, 5) is 11.7. The highest BCUT2D eigenvalue weighted by Gasteiger charge is 2.34. The third kappa shape index (κ3) is 3.55. The first-order chi connectivity index (χ1) is 11.4. The van der Waals surface area contributed by atoms with Crippen LogP contribution < -0.4 is 10.3 Å². The molecule has 1 aromatic carbocycles. The van der Waals surface area contributed by atoms with Gasteiger partial charge in [0.05, 0.1) is 10.6 Å². The highest BCUT2D eigenvalue weighted by atomic mass is 35.5. The summed E-state index contributed by atoms with van der Waals surface area (Å²) in [6.45, 7) is 0. The van der Waals surface area contributed by atoms with E-state index in [4.69, 9.17) is 11.6 Å². The summed E-state index contributed by atoms with van der Waals surface area (Å²) >= 11 is 5.72. The number of rotatable bonds is 3. The molecule has 0 aliphatic carbocycles. The maximum Gasteiger partial charge on any atom is 0.431 e. The first kappa shape index (κ1) is 19.4. The van der Waals surface area contributed by atoms with Crippen LogP contribution in [0.5, 0.6) is 0 Å². The van der Waals surface area contributed by atoms with Crippen molar-refractivity contribution < 1.29 is 26.0 Å². The summed E-state index contributed by atoms with van der Waals surface area (Å²) in [5, 5.41) is -0.431. The van der Waals surface area contributed by atoms with Gasteiger partial charge in [0.1, 0.15) is 16.4 Å². The fourth-order valence-corrected chi connectivity index (χ4v) is 3.44. The summed E-state index contributed by atoms with van der Waals surface area (Å²) in [6.07, 6.45) is -4.77. The molecule has 0 radical (unpaired) electrons. The number of pyridine rings is 1. The molecule has 25 heavy (non-hydrogen) atoms. The molecule has 0 saturated heterocycles. The van der Waals surface area contributed by atoms with Crippen LogP contribution in [0.4, 0.5) is 17.6 Å². The third-order valence-corrected chi connectivity index (χ3v) is 5.34. The third-order valence-electron chi connectivity index (χ3n) is 3.46. The average molecular weight is 399 g/mol. The second kappa shape index (κ2) is 6.43. The molecule has 0 amide bonds. The molecule has 1 aromatic heterocycles. The van der Waals surface area contributed by atoms with Crippen LogP contribution in [0.1, 0.15) is 5.69 Å². The predicted octanol–water partition coefficient (Wildman–Crippen LogP) is 2.77. The minimum atomic E-state index is -4.77. The molecule has 2 rings (SSSR count). The molecule has 0 aliphatic rings. The molecule has 136 valence electrons. The lowest BCUT2D eigenvalue weighted by Gasteiger charge is -2.14. The van der Waals surface area contributed by atoms with Gasteiger partial charge in [-0.3, -0.25) is 4.79 Å². The van der Waals surface area contributed by atoms with Crippen molar-refractivity contribution in [2.45, 2.75) is 11.1 Å². The molecule has 1 N–H and O–H groups in total. The Labute approximate surface area is 144 Å². The lowest BCUT2D eigenvalue weighted by Crippen LogP contribution is -2.26. The van der Waals surface area contributed by atoms with E-state index < -0.39 is 54.3 Å². The van der Waals surface area contributed by atoms with Crippen LogP contribution in [0.25, 0.3) is 11.1 Å². The van der Waals surface area contributed by atoms with Gasteiger partial charge in [0.25, 0.3) is 5.56 Å². The maximum absolute atomic E-state index is 14.2. The van der Waals surface area contributed by atoms with Crippen LogP contribution in [0.15, 0.2) is 34.0 Å². The molecule has 11 heteroatoms. The van der Waals surface area contributed by atoms with Crippen LogP contribution in [0, 0.1) is 5.82 Å². The molecule has 0 spiro atoms. The van der Waals surface area contributed by atoms with Gasteiger partial charge < -0.3 is 4.57 Å². The van der Waals surface area contributed by atoms with Crippen LogP contribution in [-0.2, 0) is 23.2 Å². The second-order valence-corrected chi connectivity index (χ2v) is 7.23. The van der Waals surface area contributed by atoms with Gasteiger partial charge in [-0.25, -0.2) is 17.5 Å². The van der Waals surface area contributed by atoms with E-state index in [-0.39, 0.29) is 0 Å². The van der Waals surface area contributed by atoms with Crippen molar-refractivity contribution in [3.63, 3.8) is 0 Å². The summed E-state index contributed by atoms with van der Waals surface area (Å²) < 4.78 is 78.8. The Morgan fingerprint density at radius 3 is 2.28 bits per heavy atom. The topological polar surface area (TPSA) is 68.2 Å². The Morgan fingerprint density at radius 2 is 1.76 bits per heavy atom. The largest absolute Gasteiger partial charge is 0.431 e. The minimum absolute atomic E-state index is 0.315. The fraction of sp³-hybridized carbons (Fsp3) is 0.214. The Kier molecular flexibility index (Phi) is 4.99. The number of hydrogen-bond acceptors (Lipinski definition) is 3. The Morgan fingerprint density at radius 1 is 1.16 bits per heavy atom. The van der Waals surface area contributed by atoms with Crippen LogP contribution in [0.3, 0.4) is 0 Å². The number of hydrogen-bond donors (Lipinski definition) is 1. The fourth-order valence-electron chi connectivity index (χ4n) is 2.18. The SMILES string of the molecule is CNS(=O)(=O)c1cc(-c2ccc(C(F)(F)F)n(C)c2=O)c(F)cc1Cl. The van der Waals surface area contributed by atoms with Crippen molar-refractivity contribution in [1.29, 1.82) is 0 Å². The molecule has 0 fully saturated rings. The van der Waals surface area contributed by atoms with Gasteiger partial charge in [0.15, 0.2) is 0 Å². The monoisotopic (exact) mass is 398 g/mol. The van der Waals surface area contributed by atoms with Crippen LogP contribution in [0.2, 0.25) is 5.02 Å². The summed E-state index contributed by atoms with van der Waals surface area (Å²) in [5.74, 6) is -1.04. The average Bonchev–Trinajstić information content (AvgIpc) is 2.49. The van der Waals surface area contributed by atoms with Gasteiger partial charge in [-0.05, 0) is 31.3 Å². The summed E-state index contributed by atoms with van der Waals surface area (Å²) in [6, 6.07) is 2.87. The highest BCUT2D eigenvalue weighted by Crippen LogP contribution is 2.32. The van der Waals surface area contributed by atoms with Crippen molar-refractivity contribution >= 4 is 21.6 Å². The smallest absolute Gasteiger partial charge is 0.307 e. The first-order valence-corrected chi connectivity index (χ1v) is 8.46.